The molecule has 0 bridgehead atoms. The summed E-state index contributed by atoms with van der Waals surface area (Å²) in [6.07, 6.45) is 1.20. The van der Waals surface area contributed by atoms with E-state index in [-0.39, 0.29) is 17.1 Å². The molecule has 0 aromatic heterocycles. The number of likely N-dealkylation sites (tertiary alicyclic amines) is 1. The molecule has 0 spiro atoms. The minimum absolute atomic E-state index is 0.107. The quantitative estimate of drug-likeness (QED) is 0.807. The molecule has 1 fully saturated rings. The number of piperidine rings is 1. The summed E-state index contributed by atoms with van der Waals surface area (Å²) in [6.45, 7) is 2.14. The number of nitrogens with zero attached hydrogens (tertiary/aromatic N) is 1. The van der Waals surface area contributed by atoms with Gasteiger partial charge in [0.1, 0.15) is 11.6 Å². The number of amides is 1. The second-order valence-corrected chi connectivity index (χ2v) is 5.48. The van der Waals surface area contributed by atoms with Gasteiger partial charge in [-0.1, -0.05) is 11.6 Å². The Hall–Kier alpha value is -1.20. The van der Waals surface area contributed by atoms with Crippen LogP contribution in [0.5, 0.6) is 0 Å². The van der Waals surface area contributed by atoms with Gasteiger partial charge in [0.15, 0.2) is 0 Å². The van der Waals surface area contributed by atoms with Crippen molar-refractivity contribution in [2.45, 2.75) is 25.4 Å². The highest BCUT2D eigenvalue weighted by molar-refractivity contribution is 6.30. The number of carbonyl (C=O) groups is 1. The fourth-order valence-corrected chi connectivity index (χ4v) is 2.40. The predicted octanol–water partition coefficient (Wildman–Crippen LogP) is 2.61. The second-order valence-electron chi connectivity index (χ2n) is 5.07. The normalized spacial score (nSPS) is 23.5. The zero-order valence-corrected chi connectivity index (χ0v) is 11.2. The van der Waals surface area contributed by atoms with Gasteiger partial charge in [-0.15, -0.1) is 0 Å². The number of carbonyl (C=O) groups excluding carboxylic acids is 1. The summed E-state index contributed by atoms with van der Waals surface area (Å²) in [5, 5.41) is 9.56. The van der Waals surface area contributed by atoms with Crippen molar-refractivity contribution in [1.29, 1.82) is 0 Å². The topological polar surface area (TPSA) is 40.5 Å². The van der Waals surface area contributed by atoms with Crippen molar-refractivity contribution < 1.29 is 18.7 Å². The Labute approximate surface area is 114 Å². The Balaban J connectivity index is 2.27. The van der Waals surface area contributed by atoms with E-state index in [0.29, 0.717) is 19.4 Å². The standard InChI is InChI=1S/C13H14ClF2NO2/c1-13(19)3-2-4-17(7-13)12(18)8-5-11(16)9(14)6-10(8)15/h5-6,19H,2-4,7H2,1H3. The van der Waals surface area contributed by atoms with E-state index in [2.05, 4.69) is 0 Å². The van der Waals surface area contributed by atoms with Gasteiger partial charge in [-0.05, 0) is 31.9 Å². The van der Waals surface area contributed by atoms with Crippen molar-refractivity contribution in [2.75, 3.05) is 13.1 Å². The minimum atomic E-state index is -0.991. The highest BCUT2D eigenvalue weighted by Gasteiger charge is 2.32. The lowest BCUT2D eigenvalue weighted by atomic mass is 9.94. The molecule has 1 amide bonds. The molecule has 1 aliphatic rings. The van der Waals surface area contributed by atoms with Crippen molar-refractivity contribution >= 4 is 17.5 Å². The van der Waals surface area contributed by atoms with Crippen LogP contribution in [0.15, 0.2) is 12.1 Å². The number of β-amino-alcohol motifs (C(OH)–C–C–N with tert-alkyl or cyclic N) is 1. The van der Waals surface area contributed by atoms with E-state index in [1.165, 1.54) is 4.90 Å². The first-order chi connectivity index (χ1) is 8.80. The second kappa shape index (κ2) is 5.06. The van der Waals surface area contributed by atoms with Gasteiger partial charge < -0.3 is 10.0 Å². The third-order valence-electron chi connectivity index (χ3n) is 3.20. The van der Waals surface area contributed by atoms with E-state index in [9.17, 15) is 18.7 Å². The van der Waals surface area contributed by atoms with Crippen LogP contribution in [-0.2, 0) is 0 Å². The molecule has 19 heavy (non-hydrogen) atoms. The molecule has 6 heteroatoms. The SMILES string of the molecule is CC1(O)CCCN(C(=O)c2cc(F)c(Cl)cc2F)C1. The summed E-state index contributed by atoms with van der Waals surface area (Å²) < 4.78 is 27.0. The van der Waals surface area contributed by atoms with Crippen LogP contribution < -0.4 is 0 Å². The third-order valence-corrected chi connectivity index (χ3v) is 3.49. The Morgan fingerprint density at radius 1 is 1.42 bits per heavy atom. The Morgan fingerprint density at radius 3 is 2.74 bits per heavy atom. The molecule has 1 aromatic carbocycles. The van der Waals surface area contributed by atoms with E-state index in [4.69, 9.17) is 11.6 Å². The van der Waals surface area contributed by atoms with Gasteiger partial charge in [-0.25, -0.2) is 8.78 Å². The van der Waals surface area contributed by atoms with Crippen molar-refractivity contribution in [3.63, 3.8) is 0 Å². The molecular formula is C13H14ClF2NO2. The first-order valence-corrected chi connectivity index (χ1v) is 6.34. The Bertz CT molecular complexity index is 520. The number of benzene rings is 1. The van der Waals surface area contributed by atoms with Crippen LogP contribution in [-0.4, -0.2) is 34.6 Å². The highest BCUT2D eigenvalue weighted by atomic mass is 35.5. The molecule has 1 aromatic rings. The molecule has 2 rings (SSSR count). The average Bonchev–Trinajstić information content (AvgIpc) is 2.31. The molecule has 0 radical (unpaired) electrons. The van der Waals surface area contributed by atoms with Crippen LogP contribution in [0, 0.1) is 11.6 Å². The maximum Gasteiger partial charge on any atom is 0.257 e. The molecule has 3 nitrogen and oxygen atoms in total. The lowest BCUT2D eigenvalue weighted by molar-refractivity contribution is -0.0109. The molecule has 0 saturated carbocycles. The van der Waals surface area contributed by atoms with Crippen LogP contribution in [0.3, 0.4) is 0 Å². The maximum atomic E-state index is 13.7. The molecule has 1 saturated heterocycles. The fourth-order valence-electron chi connectivity index (χ4n) is 2.25. The Kier molecular flexibility index (Phi) is 3.78. The van der Waals surface area contributed by atoms with E-state index in [1.54, 1.807) is 6.92 Å². The van der Waals surface area contributed by atoms with E-state index < -0.39 is 23.1 Å². The van der Waals surface area contributed by atoms with Gasteiger partial charge in [0.2, 0.25) is 0 Å². The first kappa shape index (κ1) is 14.2. The summed E-state index contributed by atoms with van der Waals surface area (Å²) in [7, 11) is 0. The van der Waals surface area contributed by atoms with Gasteiger partial charge in [-0.2, -0.15) is 0 Å². The van der Waals surface area contributed by atoms with E-state index in [1.807, 2.05) is 0 Å². The van der Waals surface area contributed by atoms with Crippen LogP contribution in [0.4, 0.5) is 8.78 Å². The number of hydrogen-bond donors (Lipinski definition) is 1. The zero-order chi connectivity index (χ0) is 14.2. The maximum absolute atomic E-state index is 13.7. The third kappa shape index (κ3) is 3.04. The summed E-state index contributed by atoms with van der Waals surface area (Å²) in [6, 6.07) is 1.58. The first-order valence-electron chi connectivity index (χ1n) is 5.96. The van der Waals surface area contributed by atoms with Gasteiger partial charge >= 0.3 is 0 Å². The van der Waals surface area contributed by atoms with Gasteiger partial charge in [-0.3, -0.25) is 4.79 Å². The summed E-state index contributed by atoms with van der Waals surface area (Å²) in [5.74, 6) is -2.33. The van der Waals surface area contributed by atoms with Gasteiger partial charge in [0.25, 0.3) is 5.91 Å². The molecule has 1 unspecified atom stereocenters. The number of rotatable bonds is 1. The molecule has 1 aliphatic heterocycles. The highest BCUT2D eigenvalue weighted by Crippen LogP contribution is 2.24. The monoisotopic (exact) mass is 289 g/mol. The number of halogens is 3. The summed E-state index contributed by atoms with van der Waals surface area (Å²) in [4.78, 5) is 13.5. The van der Waals surface area contributed by atoms with Crippen LogP contribution in [0.25, 0.3) is 0 Å². The van der Waals surface area contributed by atoms with Crippen LogP contribution in [0.1, 0.15) is 30.1 Å². The molecular weight excluding hydrogens is 276 g/mol. The predicted molar refractivity (Wildman–Crippen MR) is 67.1 cm³/mol. The largest absolute Gasteiger partial charge is 0.388 e. The fraction of sp³-hybridized carbons (Fsp3) is 0.462. The number of aliphatic hydroxyl groups is 1. The summed E-state index contributed by atoms with van der Waals surface area (Å²) in [5.41, 5.74) is -1.35. The molecule has 1 N–H and O–H groups in total. The van der Waals surface area contributed by atoms with Crippen molar-refractivity contribution in [2.24, 2.45) is 0 Å². The smallest absolute Gasteiger partial charge is 0.257 e. The minimum Gasteiger partial charge on any atom is -0.388 e. The van der Waals surface area contributed by atoms with E-state index in [0.717, 1.165) is 12.1 Å². The lowest BCUT2D eigenvalue weighted by Crippen LogP contribution is -2.48. The van der Waals surface area contributed by atoms with Crippen LogP contribution in [0.2, 0.25) is 5.02 Å². The Morgan fingerprint density at radius 2 is 2.11 bits per heavy atom. The van der Waals surface area contributed by atoms with Crippen molar-refractivity contribution in [1.82, 2.24) is 4.90 Å². The van der Waals surface area contributed by atoms with Gasteiger partial charge in [0.05, 0.1) is 16.2 Å². The number of hydrogen-bond acceptors (Lipinski definition) is 2. The molecule has 0 aliphatic carbocycles. The lowest BCUT2D eigenvalue weighted by Gasteiger charge is -2.36. The van der Waals surface area contributed by atoms with Crippen molar-refractivity contribution in [3.05, 3.63) is 34.4 Å². The molecule has 1 atom stereocenters. The van der Waals surface area contributed by atoms with Crippen molar-refractivity contribution in [3.8, 4) is 0 Å². The summed E-state index contributed by atoms with van der Waals surface area (Å²) >= 11 is 5.44. The van der Waals surface area contributed by atoms with E-state index >= 15 is 0 Å². The molecule has 1 heterocycles. The van der Waals surface area contributed by atoms with Gasteiger partial charge in [0, 0.05) is 13.1 Å². The van der Waals surface area contributed by atoms with Crippen LogP contribution >= 0.6 is 11.6 Å². The molecule has 104 valence electrons. The average molecular weight is 290 g/mol. The zero-order valence-electron chi connectivity index (χ0n) is 10.4.